The van der Waals surface area contributed by atoms with E-state index in [0.29, 0.717) is 0 Å². The molecule has 0 unspecified atom stereocenters. The van der Waals surface area contributed by atoms with E-state index in [1.165, 1.54) is 24.9 Å². The maximum absolute atomic E-state index is 12.0. The second kappa shape index (κ2) is 6.83. The molecule has 1 aromatic carbocycles. The minimum atomic E-state index is -0.0895. The van der Waals surface area contributed by atoms with Crippen LogP contribution in [0.25, 0.3) is 0 Å². The van der Waals surface area contributed by atoms with Crippen molar-refractivity contribution < 1.29 is 4.79 Å². The summed E-state index contributed by atoms with van der Waals surface area (Å²) < 4.78 is 0. The number of carbonyl (C=O) groups is 1. The maximum Gasteiger partial charge on any atom is 0.242 e. The molecule has 2 heterocycles. The molecule has 2 aliphatic rings. The lowest BCUT2D eigenvalue weighted by atomic mass is 10.1. The molecule has 1 amide bonds. The van der Waals surface area contributed by atoms with Crippen molar-refractivity contribution in [2.45, 2.75) is 44.6 Å². The number of anilines is 2. The van der Waals surface area contributed by atoms with Crippen LogP contribution in [0.2, 0.25) is 0 Å². The molecule has 2 N–H and O–H groups in total. The Morgan fingerprint density at radius 1 is 1.00 bits per heavy atom. The van der Waals surface area contributed by atoms with Gasteiger partial charge in [-0.25, -0.2) is 0 Å². The van der Waals surface area contributed by atoms with Gasteiger partial charge in [0.05, 0.1) is 0 Å². The van der Waals surface area contributed by atoms with Crippen molar-refractivity contribution in [3.8, 4) is 0 Å². The van der Waals surface area contributed by atoms with E-state index in [0.717, 1.165) is 44.6 Å². The molecule has 4 heteroatoms. The Balaban J connectivity index is 1.62. The lowest BCUT2D eigenvalue weighted by Crippen LogP contribution is -2.37. The van der Waals surface area contributed by atoms with E-state index in [1.807, 2.05) is 0 Å². The summed E-state index contributed by atoms with van der Waals surface area (Å²) in [7, 11) is 0. The first-order valence-corrected chi connectivity index (χ1v) is 8.22. The zero-order valence-corrected chi connectivity index (χ0v) is 12.6. The molecule has 0 saturated carbocycles. The molecule has 1 atom stereocenters. The van der Waals surface area contributed by atoms with Gasteiger partial charge in [-0.2, -0.15) is 0 Å². The molecular weight excluding hydrogens is 262 g/mol. The van der Waals surface area contributed by atoms with Crippen LogP contribution < -0.4 is 15.5 Å². The number of amides is 1. The lowest BCUT2D eigenvalue weighted by Gasteiger charge is -2.29. The summed E-state index contributed by atoms with van der Waals surface area (Å²) >= 11 is 0. The highest BCUT2D eigenvalue weighted by Gasteiger charge is 2.20. The summed E-state index contributed by atoms with van der Waals surface area (Å²) in [5.74, 6) is 0.132. The Kier molecular flexibility index (Phi) is 4.63. The third kappa shape index (κ3) is 3.69. The van der Waals surface area contributed by atoms with Crippen LogP contribution in [-0.4, -0.2) is 31.6 Å². The van der Waals surface area contributed by atoms with E-state index in [2.05, 4.69) is 39.8 Å². The average Bonchev–Trinajstić information content (AvgIpc) is 2.74. The molecule has 0 aliphatic carbocycles. The number of hydrogen-bond acceptors (Lipinski definition) is 3. The molecule has 4 nitrogen and oxygen atoms in total. The number of rotatable bonds is 3. The quantitative estimate of drug-likeness (QED) is 0.898. The summed E-state index contributed by atoms with van der Waals surface area (Å²) in [5.41, 5.74) is 2.34. The van der Waals surface area contributed by atoms with Crippen molar-refractivity contribution in [2.24, 2.45) is 0 Å². The standard InChI is InChI=1S/C17H25N3O/c21-17-16(6-2-3-11-18-17)19-14-7-9-15(10-8-14)20-12-4-1-5-13-20/h7-10,16,19H,1-6,11-13H2,(H,18,21)/t16-/m0/s1. The molecule has 1 aromatic rings. The Morgan fingerprint density at radius 3 is 2.52 bits per heavy atom. The van der Waals surface area contributed by atoms with E-state index in [9.17, 15) is 4.79 Å². The highest BCUT2D eigenvalue weighted by Crippen LogP contribution is 2.22. The highest BCUT2D eigenvalue weighted by atomic mass is 16.2. The minimum absolute atomic E-state index is 0.0895. The molecule has 2 saturated heterocycles. The van der Waals surface area contributed by atoms with Crippen molar-refractivity contribution in [3.63, 3.8) is 0 Å². The molecular formula is C17H25N3O. The predicted octanol–water partition coefficient (Wildman–Crippen LogP) is 2.76. The molecule has 0 aromatic heterocycles. The van der Waals surface area contributed by atoms with E-state index in [-0.39, 0.29) is 11.9 Å². The Hall–Kier alpha value is -1.71. The summed E-state index contributed by atoms with van der Waals surface area (Å²) in [6.07, 6.45) is 7.04. The first kappa shape index (κ1) is 14.2. The number of nitrogens with zero attached hydrogens (tertiary/aromatic N) is 1. The number of nitrogens with one attached hydrogen (secondary N) is 2. The lowest BCUT2D eigenvalue weighted by molar-refractivity contribution is -0.121. The van der Waals surface area contributed by atoms with Gasteiger partial charge >= 0.3 is 0 Å². The predicted molar refractivity (Wildman–Crippen MR) is 86.8 cm³/mol. The summed E-state index contributed by atoms with van der Waals surface area (Å²) in [6, 6.07) is 8.45. The Morgan fingerprint density at radius 2 is 1.76 bits per heavy atom. The van der Waals surface area contributed by atoms with Crippen molar-refractivity contribution >= 4 is 17.3 Å². The van der Waals surface area contributed by atoms with Gasteiger partial charge in [0.15, 0.2) is 0 Å². The summed E-state index contributed by atoms with van der Waals surface area (Å²) in [4.78, 5) is 14.4. The third-order valence-electron chi connectivity index (χ3n) is 4.46. The largest absolute Gasteiger partial charge is 0.374 e. The first-order chi connectivity index (χ1) is 10.3. The second-order valence-electron chi connectivity index (χ2n) is 6.08. The molecule has 2 fully saturated rings. The number of carbonyl (C=O) groups excluding carboxylic acids is 1. The third-order valence-corrected chi connectivity index (χ3v) is 4.46. The van der Waals surface area contributed by atoms with E-state index in [1.54, 1.807) is 0 Å². The van der Waals surface area contributed by atoms with Gasteiger partial charge in [0, 0.05) is 31.0 Å². The minimum Gasteiger partial charge on any atom is -0.374 e. The van der Waals surface area contributed by atoms with Gasteiger partial charge in [0.2, 0.25) is 5.91 Å². The fourth-order valence-corrected chi connectivity index (χ4v) is 3.20. The molecule has 0 spiro atoms. The van der Waals surface area contributed by atoms with Gasteiger partial charge in [0.1, 0.15) is 6.04 Å². The maximum atomic E-state index is 12.0. The molecule has 2 aliphatic heterocycles. The molecule has 3 rings (SSSR count). The van der Waals surface area contributed by atoms with E-state index < -0.39 is 0 Å². The SMILES string of the molecule is O=C1NCCCC[C@@H]1Nc1ccc(N2CCCCC2)cc1. The fraction of sp³-hybridized carbons (Fsp3) is 0.588. The van der Waals surface area contributed by atoms with Crippen LogP contribution >= 0.6 is 0 Å². The Bertz CT molecular complexity index is 465. The van der Waals surface area contributed by atoms with Crippen LogP contribution in [0.15, 0.2) is 24.3 Å². The summed E-state index contributed by atoms with van der Waals surface area (Å²) in [5, 5.41) is 6.34. The number of benzene rings is 1. The van der Waals surface area contributed by atoms with Gasteiger partial charge in [0.25, 0.3) is 0 Å². The molecule has 0 bridgehead atoms. The van der Waals surface area contributed by atoms with Gasteiger partial charge in [-0.15, -0.1) is 0 Å². The van der Waals surface area contributed by atoms with Crippen LogP contribution in [0.1, 0.15) is 38.5 Å². The monoisotopic (exact) mass is 287 g/mol. The zero-order chi connectivity index (χ0) is 14.5. The van der Waals surface area contributed by atoms with E-state index >= 15 is 0 Å². The zero-order valence-electron chi connectivity index (χ0n) is 12.6. The summed E-state index contributed by atoms with van der Waals surface area (Å²) in [6.45, 7) is 3.14. The number of piperidine rings is 1. The van der Waals surface area contributed by atoms with Crippen LogP contribution in [0, 0.1) is 0 Å². The molecule has 0 radical (unpaired) electrons. The van der Waals surface area contributed by atoms with Gasteiger partial charge in [-0.3, -0.25) is 4.79 Å². The van der Waals surface area contributed by atoms with Crippen LogP contribution in [0.5, 0.6) is 0 Å². The molecule has 114 valence electrons. The van der Waals surface area contributed by atoms with Crippen LogP contribution in [0.4, 0.5) is 11.4 Å². The highest BCUT2D eigenvalue weighted by molar-refractivity contribution is 5.84. The first-order valence-electron chi connectivity index (χ1n) is 8.22. The average molecular weight is 287 g/mol. The van der Waals surface area contributed by atoms with Crippen molar-refractivity contribution in [3.05, 3.63) is 24.3 Å². The molecule has 21 heavy (non-hydrogen) atoms. The van der Waals surface area contributed by atoms with Crippen LogP contribution in [-0.2, 0) is 4.79 Å². The smallest absolute Gasteiger partial charge is 0.242 e. The fourth-order valence-electron chi connectivity index (χ4n) is 3.20. The van der Waals surface area contributed by atoms with Crippen molar-refractivity contribution in [2.75, 3.05) is 29.9 Å². The normalized spacial score (nSPS) is 23.3. The topological polar surface area (TPSA) is 44.4 Å². The van der Waals surface area contributed by atoms with E-state index in [4.69, 9.17) is 0 Å². The van der Waals surface area contributed by atoms with Gasteiger partial charge in [-0.1, -0.05) is 0 Å². The Labute approximate surface area is 126 Å². The number of hydrogen-bond donors (Lipinski definition) is 2. The van der Waals surface area contributed by atoms with Crippen LogP contribution in [0.3, 0.4) is 0 Å². The van der Waals surface area contributed by atoms with Gasteiger partial charge in [-0.05, 0) is 62.8 Å². The second-order valence-corrected chi connectivity index (χ2v) is 6.08. The van der Waals surface area contributed by atoms with Gasteiger partial charge < -0.3 is 15.5 Å². The van der Waals surface area contributed by atoms with Crippen molar-refractivity contribution in [1.82, 2.24) is 5.32 Å². The van der Waals surface area contributed by atoms with Crippen molar-refractivity contribution in [1.29, 1.82) is 0 Å².